The van der Waals surface area contributed by atoms with E-state index in [4.69, 9.17) is 9.47 Å². The van der Waals surface area contributed by atoms with Crippen LogP contribution in [0.3, 0.4) is 0 Å². The van der Waals surface area contributed by atoms with E-state index in [9.17, 15) is 4.79 Å². The fourth-order valence-corrected chi connectivity index (χ4v) is 3.39. The zero-order chi connectivity index (χ0) is 16.1. The van der Waals surface area contributed by atoms with Crippen LogP contribution in [0.4, 0.5) is 4.79 Å². The van der Waals surface area contributed by atoms with Gasteiger partial charge in [-0.2, -0.15) is 0 Å². The first kappa shape index (κ1) is 16.0. The highest BCUT2D eigenvalue weighted by molar-refractivity contribution is 5.74. The third kappa shape index (κ3) is 4.30. The Morgan fingerprint density at radius 3 is 2.91 bits per heavy atom. The summed E-state index contributed by atoms with van der Waals surface area (Å²) in [6.07, 6.45) is 6.88. The molecule has 1 aromatic rings. The molecule has 2 amide bonds. The lowest BCUT2D eigenvalue weighted by atomic mass is 9.95. The summed E-state index contributed by atoms with van der Waals surface area (Å²) < 4.78 is 11.0. The van der Waals surface area contributed by atoms with Gasteiger partial charge in [0, 0.05) is 24.6 Å². The molecule has 5 heteroatoms. The summed E-state index contributed by atoms with van der Waals surface area (Å²) >= 11 is 0. The maximum atomic E-state index is 12.0. The summed E-state index contributed by atoms with van der Waals surface area (Å²) in [5, 5.41) is 6.08. The molecule has 1 aliphatic heterocycles. The lowest BCUT2D eigenvalue weighted by Crippen LogP contribution is -2.45. The molecule has 2 aliphatic rings. The number of amides is 2. The Morgan fingerprint density at radius 1 is 1.30 bits per heavy atom. The topological polar surface area (TPSA) is 59.6 Å². The molecule has 2 N–H and O–H groups in total. The van der Waals surface area contributed by atoms with E-state index in [0.29, 0.717) is 25.1 Å². The van der Waals surface area contributed by atoms with Crippen LogP contribution in [0.5, 0.6) is 11.5 Å². The van der Waals surface area contributed by atoms with Gasteiger partial charge in [-0.25, -0.2) is 4.79 Å². The molecule has 1 unspecified atom stereocenters. The second kappa shape index (κ2) is 7.57. The highest BCUT2D eigenvalue weighted by Crippen LogP contribution is 2.30. The molecular formula is C18H26N2O3. The van der Waals surface area contributed by atoms with Gasteiger partial charge >= 0.3 is 6.03 Å². The van der Waals surface area contributed by atoms with Crippen molar-refractivity contribution in [2.24, 2.45) is 5.92 Å². The summed E-state index contributed by atoms with van der Waals surface area (Å²) in [5.74, 6) is 2.02. The van der Waals surface area contributed by atoms with Gasteiger partial charge in [0.05, 0.1) is 13.7 Å². The Bertz CT molecular complexity index is 541. The summed E-state index contributed by atoms with van der Waals surface area (Å²) in [7, 11) is 1.65. The molecule has 0 aromatic heterocycles. The second-order valence-electron chi connectivity index (χ2n) is 6.54. The molecule has 5 nitrogen and oxygen atoms in total. The Balaban J connectivity index is 1.45. The summed E-state index contributed by atoms with van der Waals surface area (Å²) in [6, 6.07) is 6.22. The van der Waals surface area contributed by atoms with Gasteiger partial charge in [-0.1, -0.05) is 25.3 Å². The molecule has 126 valence electrons. The van der Waals surface area contributed by atoms with Crippen LogP contribution in [0, 0.1) is 5.92 Å². The molecule has 23 heavy (non-hydrogen) atoms. The average molecular weight is 318 g/mol. The van der Waals surface area contributed by atoms with Crippen LogP contribution in [0.25, 0.3) is 0 Å². The highest BCUT2D eigenvalue weighted by Gasteiger charge is 2.22. The Hall–Kier alpha value is -1.91. The van der Waals surface area contributed by atoms with Crippen LogP contribution >= 0.6 is 0 Å². The molecule has 1 fully saturated rings. The van der Waals surface area contributed by atoms with Crippen LogP contribution in [-0.4, -0.2) is 32.3 Å². The van der Waals surface area contributed by atoms with E-state index in [1.165, 1.54) is 24.8 Å². The Morgan fingerprint density at radius 2 is 2.13 bits per heavy atom. The van der Waals surface area contributed by atoms with Gasteiger partial charge in [0.15, 0.2) is 0 Å². The van der Waals surface area contributed by atoms with Crippen molar-refractivity contribution >= 4 is 6.03 Å². The fourth-order valence-electron chi connectivity index (χ4n) is 3.39. The quantitative estimate of drug-likeness (QED) is 0.897. The number of carbonyl (C=O) groups is 1. The summed E-state index contributed by atoms with van der Waals surface area (Å²) in [4.78, 5) is 12.0. The predicted molar refractivity (Wildman–Crippen MR) is 89.1 cm³/mol. The van der Waals surface area contributed by atoms with Crippen molar-refractivity contribution in [1.29, 1.82) is 0 Å². The van der Waals surface area contributed by atoms with Gasteiger partial charge in [0.25, 0.3) is 0 Å². The molecule has 1 aliphatic carbocycles. The van der Waals surface area contributed by atoms with Crippen LogP contribution < -0.4 is 20.1 Å². The lowest BCUT2D eigenvalue weighted by molar-refractivity contribution is 0.208. The first-order valence-corrected chi connectivity index (χ1v) is 8.58. The molecule has 1 atom stereocenters. The first-order valence-electron chi connectivity index (χ1n) is 8.58. The Labute approximate surface area is 137 Å². The number of hydrogen-bond donors (Lipinski definition) is 2. The monoisotopic (exact) mass is 318 g/mol. The number of rotatable bonds is 4. The molecule has 0 spiro atoms. The van der Waals surface area contributed by atoms with E-state index in [-0.39, 0.29) is 6.03 Å². The van der Waals surface area contributed by atoms with Gasteiger partial charge < -0.3 is 20.1 Å². The van der Waals surface area contributed by atoms with Gasteiger partial charge in [0.2, 0.25) is 0 Å². The number of methoxy groups -OCH3 is 1. The van der Waals surface area contributed by atoms with E-state index in [0.717, 1.165) is 30.8 Å². The van der Waals surface area contributed by atoms with Crippen LogP contribution in [0.2, 0.25) is 0 Å². The predicted octanol–water partition coefficient (Wildman–Crippen LogP) is 2.88. The molecule has 0 bridgehead atoms. The molecular weight excluding hydrogens is 292 g/mol. The maximum absolute atomic E-state index is 12.0. The van der Waals surface area contributed by atoms with Crippen molar-refractivity contribution in [2.45, 2.75) is 44.6 Å². The lowest BCUT2D eigenvalue weighted by Gasteiger charge is -2.27. The molecule has 3 rings (SSSR count). The number of carbonyl (C=O) groups excluding carboxylic acids is 1. The van der Waals surface area contributed by atoms with Gasteiger partial charge in [-0.3, -0.25) is 0 Å². The summed E-state index contributed by atoms with van der Waals surface area (Å²) in [6.45, 7) is 1.27. The van der Waals surface area contributed by atoms with E-state index in [1.807, 2.05) is 18.2 Å². The Kier molecular flexibility index (Phi) is 5.26. The minimum Gasteiger partial charge on any atom is -0.497 e. The number of hydrogen-bond acceptors (Lipinski definition) is 3. The molecule has 1 heterocycles. The standard InChI is InChI=1S/C18H26N2O3/c1-22-16-8-7-14-9-13(12-23-17(14)10-16)11-19-18(21)20-15-5-3-2-4-6-15/h7-8,10,13,15H,2-6,9,11-12H2,1H3,(H2,19,20,21). The summed E-state index contributed by atoms with van der Waals surface area (Å²) in [5.41, 5.74) is 1.18. The van der Waals surface area contributed by atoms with Crippen molar-refractivity contribution in [2.75, 3.05) is 20.3 Å². The van der Waals surface area contributed by atoms with Crippen molar-refractivity contribution in [3.8, 4) is 11.5 Å². The van der Waals surface area contributed by atoms with Crippen molar-refractivity contribution in [3.63, 3.8) is 0 Å². The van der Waals surface area contributed by atoms with Crippen LogP contribution in [0.1, 0.15) is 37.7 Å². The minimum atomic E-state index is -0.0440. The first-order chi connectivity index (χ1) is 11.2. The molecule has 0 radical (unpaired) electrons. The van der Waals surface area contributed by atoms with Crippen molar-refractivity contribution in [1.82, 2.24) is 10.6 Å². The number of fused-ring (bicyclic) bond motifs is 1. The highest BCUT2D eigenvalue weighted by atomic mass is 16.5. The zero-order valence-corrected chi connectivity index (χ0v) is 13.8. The average Bonchev–Trinajstić information content (AvgIpc) is 2.60. The zero-order valence-electron chi connectivity index (χ0n) is 13.8. The largest absolute Gasteiger partial charge is 0.497 e. The maximum Gasteiger partial charge on any atom is 0.315 e. The molecule has 1 aromatic carbocycles. The number of benzene rings is 1. The smallest absolute Gasteiger partial charge is 0.315 e. The second-order valence-corrected chi connectivity index (χ2v) is 6.54. The third-order valence-corrected chi connectivity index (χ3v) is 4.75. The fraction of sp³-hybridized carbons (Fsp3) is 0.611. The van der Waals surface area contributed by atoms with Crippen molar-refractivity contribution in [3.05, 3.63) is 23.8 Å². The van der Waals surface area contributed by atoms with Crippen LogP contribution in [-0.2, 0) is 6.42 Å². The van der Waals surface area contributed by atoms with Crippen molar-refractivity contribution < 1.29 is 14.3 Å². The van der Waals surface area contributed by atoms with E-state index in [1.54, 1.807) is 7.11 Å². The van der Waals surface area contributed by atoms with E-state index in [2.05, 4.69) is 10.6 Å². The number of ether oxygens (including phenoxy) is 2. The van der Waals surface area contributed by atoms with Gasteiger partial charge in [-0.05, 0) is 30.9 Å². The van der Waals surface area contributed by atoms with E-state index >= 15 is 0 Å². The third-order valence-electron chi connectivity index (χ3n) is 4.75. The van der Waals surface area contributed by atoms with Gasteiger partial charge in [0.1, 0.15) is 11.5 Å². The molecule has 1 saturated carbocycles. The molecule has 0 saturated heterocycles. The van der Waals surface area contributed by atoms with Crippen LogP contribution in [0.15, 0.2) is 18.2 Å². The minimum absolute atomic E-state index is 0.0440. The number of urea groups is 1. The van der Waals surface area contributed by atoms with Gasteiger partial charge in [-0.15, -0.1) is 0 Å². The number of nitrogens with one attached hydrogen (secondary N) is 2. The normalized spacial score (nSPS) is 21.0. The SMILES string of the molecule is COc1ccc2c(c1)OCC(CNC(=O)NC1CCCCC1)C2. The van der Waals surface area contributed by atoms with E-state index < -0.39 is 0 Å².